The smallest absolute Gasteiger partial charge is 0.335 e. The van der Waals surface area contributed by atoms with E-state index in [2.05, 4.69) is 6.92 Å². The van der Waals surface area contributed by atoms with Crippen molar-refractivity contribution in [3.63, 3.8) is 0 Å². The number of halogens is 1. The molecule has 0 saturated carbocycles. The molecule has 0 spiro atoms. The summed E-state index contributed by atoms with van der Waals surface area (Å²) in [5, 5.41) is -0.0587. The van der Waals surface area contributed by atoms with Gasteiger partial charge in [0.1, 0.15) is 0 Å². The van der Waals surface area contributed by atoms with Crippen LogP contribution in [0.2, 0.25) is 0 Å². The first kappa shape index (κ1) is 17.3. The van der Waals surface area contributed by atoms with E-state index in [4.69, 9.17) is 21.1 Å². The molecule has 1 saturated heterocycles. The van der Waals surface area contributed by atoms with Gasteiger partial charge in [0.05, 0.1) is 12.7 Å². The van der Waals surface area contributed by atoms with E-state index in [1.807, 2.05) is 30.3 Å². The molecule has 22 heavy (non-hydrogen) atoms. The summed E-state index contributed by atoms with van der Waals surface area (Å²) in [4.78, 5) is 12.1. The molecule has 0 N–H and O–H groups in total. The highest BCUT2D eigenvalue weighted by Crippen LogP contribution is 2.34. The van der Waals surface area contributed by atoms with Gasteiger partial charge in [0.25, 0.3) is 0 Å². The first-order chi connectivity index (χ1) is 10.7. The van der Waals surface area contributed by atoms with Crippen LogP contribution in [-0.2, 0) is 14.3 Å². The van der Waals surface area contributed by atoms with Crippen molar-refractivity contribution in [2.24, 2.45) is 0 Å². The molecular formula is C18H25ClO3. The van der Waals surface area contributed by atoms with E-state index in [1.165, 1.54) is 12.8 Å². The van der Waals surface area contributed by atoms with Crippen molar-refractivity contribution in [2.75, 3.05) is 6.61 Å². The van der Waals surface area contributed by atoms with Crippen LogP contribution in [-0.4, -0.2) is 24.1 Å². The van der Waals surface area contributed by atoms with E-state index in [0.717, 1.165) is 24.8 Å². The minimum Gasteiger partial charge on any atom is -0.464 e. The molecule has 1 aromatic rings. The third-order valence-corrected chi connectivity index (χ3v) is 4.30. The zero-order chi connectivity index (χ0) is 15.8. The molecule has 4 heteroatoms. The maximum absolute atomic E-state index is 12.1. The van der Waals surface area contributed by atoms with Crippen LogP contribution in [0.15, 0.2) is 30.3 Å². The Kier molecular flexibility index (Phi) is 7.20. The SMILES string of the molecule is CCCCCCOC(=O)[C@H]1C[C@@H](Cl)C[C@@H](c2ccccc2)O1. The molecule has 0 aromatic heterocycles. The number of carbonyl (C=O) groups excluding carboxylic acids is 1. The highest BCUT2D eigenvalue weighted by molar-refractivity contribution is 6.20. The van der Waals surface area contributed by atoms with Crippen LogP contribution in [0.4, 0.5) is 0 Å². The largest absolute Gasteiger partial charge is 0.464 e. The van der Waals surface area contributed by atoms with Crippen LogP contribution in [0.1, 0.15) is 57.1 Å². The molecule has 1 heterocycles. The van der Waals surface area contributed by atoms with Gasteiger partial charge in [0, 0.05) is 11.8 Å². The summed E-state index contributed by atoms with van der Waals surface area (Å²) in [6.45, 7) is 2.63. The summed E-state index contributed by atoms with van der Waals surface area (Å²) in [5.74, 6) is -0.275. The summed E-state index contributed by atoms with van der Waals surface area (Å²) in [5.41, 5.74) is 1.06. The Labute approximate surface area is 137 Å². The predicted octanol–water partition coefficient (Wildman–Crippen LogP) is 4.64. The maximum atomic E-state index is 12.1. The quantitative estimate of drug-likeness (QED) is 0.416. The fourth-order valence-electron chi connectivity index (χ4n) is 2.70. The highest BCUT2D eigenvalue weighted by atomic mass is 35.5. The molecule has 3 nitrogen and oxygen atoms in total. The standard InChI is InChI=1S/C18H25ClO3/c1-2-3-4-8-11-21-18(20)17-13-15(19)12-16(22-17)14-9-6-5-7-10-14/h5-7,9-10,15-17H,2-4,8,11-13H2,1H3/t15-,16-,17+/m0/s1. The lowest BCUT2D eigenvalue weighted by Gasteiger charge is -2.31. The van der Waals surface area contributed by atoms with Crippen molar-refractivity contribution in [1.82, 2.24) is 0 Å². The van der Waals surface area contributed by atoms with Gasteiger partial charge >= 0.3 is 5.97 Å². The van der Waals surface area contributed by atoms with Crippen molar-refractivity contribution < 1.29 is 14.3 Å². The number of benzene rings is 1. The lowest BCUT2D eigenvalue weighted by Crippen LogP contribution is -2.36. The number of unbranched alkanes of at least 4 members (excludes halogenated alkanes) is 3. The van der Waals surface area contributed by atoms with Gasteiger partial charge in [0.15, 0.2) is 6.10 Å². The Morgan fingerprint density at radius 2 is 2.00 bits per heavy atom. The Morgan fingerprint density at radius 3 is 2.73 bits per heavy atom. The fourth-order valence-corrected chi connectivity index (χ4v) is 3.02. The highest BCUT2D eigenvalue weighted by Gasteiger charge is 2.34. The number of rotatable bonds is 7. The number of hydrogen-bond acceptors (Lipinski definition) is 3. The molecule has 0 radical (unpaired) electrons. The monoisotopic (exact) mass is 324 g/mol. The van der Waals surface area contributed by atoms with E-state index >= 15 is 0 Å². The summed E-state index contributed by atoms with van der Waals surface area (Å²) in [7, 11) is 0. The van der Waals surface area contributed by atoms with Crippen molar-refractivity contribution in [1.29, 1.82) is 0 Å². The number of esters is 1. The second-order valence-corrected chi connectivity index (χ2v) is 6.44. The second kappa shape index (κ2) is 9.16. The van der Waals surface area contributed by atoms with E-state index in [9.17, 15) is 4.79 Å². The van der Waals surface area contributed by atoms with Crippen molar-refractivity contribution in [2.45, 2.75) is 63.0 Å². The number of alkyl halides is 1. The average Bonchev–Trinajstić information content (AvgIpc) is 2.54. The Morgan fingerprint density at radius 1 is 1.23 bits per heavy atom. The molecule has 1 fully saturated rings. The molecule has 3 atom stereocenters. The molecule has 0 amide bonds. The van der Waals surface area contributed by atoms with Crippen molar-refractivity contribution >= 4 is 17.6 Å². The molecule has 1 aromatic carbocycles. The lowest BCUT2D eigenvalue weighted by atomic mass is 9.98. The van der Waals surface area contributed by atoms with Crippen LogP contribution in [0.5, 0.6) is 0 Å². The van der Waals surface area contributed by atoms with Gasteiger partial charge in [-0.05, 0) is 18.4 Å². The van der Waals surface area contributed by atoms with Crippen LogP contribution in [0.25, 0.3) is 0 Å². The third kappa shape index (κ3) is 5.29. The lowest BCUT2D eigenvalue weighted by molar-refractivity contribution is -0.166. The van der Waals surface area contributed by atoms with Gasteiger partial charge in [-0.15, -0.1) is 11.6 Å². The van der Waals surface area contributed by atoms with E-state index < -0.39 is 6.10 Å². The van der Waals surface area contributed by atoms with Gasteiger partial charge in [-0.1, -0.05) is 56.5 Å². The summed E-state index contributed by atoms with van der Waals surface area (Å²) < 4.78 is 11.3. The molecule has 1 aliphatic rings. The van der Waals surface area contributed by atoms with Crippen molar-refractivity contribution in [3.05, 3.63) is 35.9 Å². The van der Waals surface area contributed by atoms with Gasteiger partial charge in [-0.25, -0.2) is 4.79 Å². The molecule has 0 aliphatic carbocycles. The number of carbonyl (C=O) groups is 1. The summed E-state index contributed by atoms with van der Waals surface area (Å²) >= 11 is 6.31. The fraction of sp³-hybridized carbons (Fsp3) is 0.611. The number of ether oxygens (including phenoxy) is 2. The maximum Gasteiger partial charge on any atom is 0.335 e. The molecule has 0 bridgehead atoms. The Bertz CT molecular complexity index is 449. The Hall–Kier alpha value is -1.06. The van der Waals surface area contributed by atoms with Crippen LogP contribution < -0.4 is 0 Å². The predicted molar refractivity (Wildman–Crippen MR) is 88.0 cm³/mol. The molecular weight excluding hydrogens is 300 g/mol. The average molecular weight is 325 g/mol. The first-order valence-corrected chi connectivity index (χ1v) is 8.65. The van der Waals surface area contributed by atoms with Gasteiger partial charge in [0.2, 0.25) is 0 Å². The van der Waals surface area contributed by atoms with Crippen LogP contribution in [0.3, 0.4) is 0 Å². The van der Waals surface area contributed by atoms with Crippen molar-refractivity contribution in [3.8, 4) is 0 Å². The summed E-state index contributed by atoms with van der Waals surface area (Å²) in [6.07, 6.45) is 4.94. The minimum atomic E-state index is -0.548. The molecule has 1 aliphatic heterocycles. The van der Waals surface area contributed by atoms with Gasteiger partial charge in [-0.3, -0.25) is 0 Å². The minimum absolute atomic E-state index is 0.0587. The molecule has 0 unspecified atom stereocenters. The molecule has 122 valence electrons. The first-order valence-electron chi connectivity index (χ1n) is 8.21. The van der Waals surface area contributed by atoms with Crippen LogP contribution >= 0.6 is 11.6 Å². The third-order valence-electron chi connectivity index (χ3n) is 3.94. The molecule has 2 rings (SSSR count). The van der Waals surface area contributed by atoms with E-state index in [-0.39, 0.29) is 17.5 Å². The van der Waals surface area contributed by atoms with Gasteiger partial charge in [-0.2, -0.15) is 0 Å². The second-order valence-electron chi connectivity index (χ2n) is 5.82. The zero-order valence-electron chi connectivity index (χ0n) is 13.2. The normalized spacial score (nSPS) is 24.9. The zero-order valence-corrected chi connectivity index (χ0v) is 13.9. The summed E-state index contributed by atoms with van der Waals surface area (Å²) in [6, 6.07) is 9.92. The Balaban J connectivity index is 1.84. The van der Waals surface area contributed by atoms with Crippen LogP contribution in [0, 0.1) is 0 Å². The number of hydrogen-bond donors (Lipinski definition) is 0. The van der Waals surface area contributed by atoms with E-state index in [0.29, 0.717) is 13.0 Å². The van der Waals surface area contributed by atoms with E-state index in [1.54, 1.807) is 0 Å². The topological polar surface area (TPSA) is 35.5 Å². The van der Waals surface area contributed by atoms with Gasteiger partial charge < -0.3 is 9.47 Å².